The van der Waals surface area contributed by atoms with E-state index in [0.29, 0.717) is 4.48 Å². The highest BCUT2D eigenvalue weighted by molar-refractivity contribution is 6.35. The Kier molecular flexibility index (Phi) is 2.78. The SMILES string of the molecule is Cc1cc([N+]23C=CN=C2C=NC(N2CCCCC2)=C3)n[nH]1. The molecule has 4 rings (SSSR count). The largest absolute Gasteiger partial charge is 0.352 e. The molecule has 1 fully saturated rings. The first-order valence-corrected chi connectivity index (χ1v) is 7.47. The van der Waals surface area contributed by atoms with Crippen molar-refractivity contribution >= 4 is 17.9 Å². The molecule has 1 N–H and O–H groups in total. The van der Waals surface area contributed by atoms with Crippen LogP contribution in [0, 0.1) is 6.92 Å². The minimum atomic E-state index is 0.430. The van der Waals surface area contributed by atoms with Gasteiger partial charge in [-0.1, -0.05) is 0 Å². The average Bonchev–Trinajstić information content (AvgIpc) is 3.14. The molecule has 4 heterocycles. The highest BCUT2D eigenvalue weighted by Gasteiger charge is 2.41. The molecule has 0 bridgehead atoms. The molecule has 0 saturated carbocycles. The minimum absolute atomic E-state index is 0.430. The van der Waals surface area contributed by atoms with Gasteiger partial charge in [-0.15, -0.1) is 5.10 Å². The normalized spacial score (nSPS) is 27.6. The van der Waals surface area contributed by atoms with Crippen molar-refractivity contribution in [1.29, 1.82) is 0 Å². The first-order chi connectivity index (χ1) is 10.3. The van der Waals surface area contributed by atoms with Crippen molar-refractivity contribution in [3.8, 4) is 0 Å². The van der Waals surface area contributed by atoms with Crippen molar-refractivity contribution < 1.29 is 0 Å². The molecule has 1 aromatic rings. The Balaban J connectivity index is 1.76. The minimum Gasteiger partial charge on any atom is -0.352 e. The molecule has 1 aromatic heterocycles. The van der Waals surface area contributed by atoms with E-state index in [1.54, 1.807) is 0 Å². The molecule has 0 radical (unpaired) electrons. The fourth-order valence-corrected chi connectivity index (χ4v) is 3.10. The molecule has 6 nitrogen and oxygen atoms in total. The molecule has 108 valence electrons. The number of piperidine rings is 1. The topological polar surface area (TPSA) is 56.6 Å². The van der Waals surface area contributed by atoms with Crippen molar-refractivity contribution in [3.63, 3.8) is 0 Å². The van der Waals surface area contributed by atoms with E-state index in [1.165, 1.54) is 19.3 Å². The molecule has 1 saturated heterocycles. The molecule has 0 spiro atoms. The summed E-state index contributed by atoms with van der Waals surface area (Å²) in [6.45, 7) is 4.18. The van der Waals surface area contributed by atoms with Gasteiger partial charge in [-0.25, -0.2) is 4.99 Å². The van der Waals surface area contributed by atoms with Crippen LogP contribution < -0.4 is 4.48 Å². The number of aromatic amines is 1. The Morgan fingerprint density at radius 2 is 2.10 bits per heavy atom. The van der Waals surface area contributed by atoms with E-state index in [0.717, 1.165) is 36.3 Å². The van der Waals surface area contributed by atoms with Crippen molar-refractivity contribution in [2.75, 3.05) is 13.1 Å². The molecule has 3 aliphatic rings. The molecular weight excluding hydrogens is 264 g/mol. The van der Waals surface area contributed by atoms with Crippen molar-refractivity contribution in [2.24, 2.45) is 9.98 Å². The lowest BCUT2D eigenvalue weighted by Gasteiger charge is -2.32. The van der Waals surface area contributed by atoms with Gasteiger partial charge in [0.2, 0.25) is 0 Å². The van der Waals surface area contributed by atoms with E-state index in [1.807, 2.05) is 19.3 Å². The second-order valence-electron chi connectivity index (χ2n) is 5.77. The van der Waals surface area contributed by atoms with E-state index in [-0.39, 0.29) is 0 Å². The fourth-order valence-electron chi connectivity index (χ4n) is 3.10. The number of hydrogen-bond acceptors (Lipinski definition) is 4. The summed E-state index contributed by atoms with van der Waals surface area (Å²) in [5, 5.41) is 7.47. The Hall–Kier alpha value is -2.21. The molecule has 0 amide bonds. The van der Waals surface area contributed by atoms with Gasteiger partial charge in [-0.05, 0) is 26.2 Å². The fraction of sp³-hybridized carbons (Fsp3) is 0.400. The van der Waals surface area contributed by atoms with Gasteiger partial charge in [-0.2, -0.15) is 9.48 Å². The van der Waals surface area contributed by atoms with Gasteiger partial charge in [0.05, 0.1) is 6.20 Å². The molecule has 6 heteroatoms. The maximum atomic E-state index is 4.61. The molecule has 3 aliphatic heterocycles. The summed E-state index contributed by atoms with van der Waals surface area (Å²) in [7, 11) is 0. The van der Waals surface area contributed by atoms with Crippen LogP contribution in [0.4, 0.5) is 5.82 Å². The van der Waals surface area contributed by atoms with E-state index < -0.39 is 0 Å². The summed E-state index contributed by atoms with van der Waals surface area (Å²) >= 11 is 0. The quantitative estimate of drug-likeness (QED) is 0.847. The zero-order chi connectivity index (χ0) is 14.3. The summed E-state index contributed by atoms with van der Waals surface area (Å²) in [6.07, 6.45) is 11.7. The Morgan fingerprint density at radius 1 is 1.24 bits per heavy atom. The van der Waals surface area contributed by atoms with Gasteiger partial charge >= 0.3 is 0 Å². The van der Waals surface area contributed by atoms with Crippen LogP contribution in [-0.2, 0) is 0 Å². The van der Waals surface area contributed by atoms with Crippen LogP contribution in [0.5, 0.6) is 0 Å². The maximum absolute atomic E-state index is 4.61. The van der Waals surface area contributed by atoms with Crippen molar-refractivity contribution in [3.05, 3.63) is 36.2 Å². The zero-order valence-corrected chi connectivity index (χ0v) is 12.2. The number of nitrogens with one attached hydrogen (secondary N) is 1. The Labute approximate surface area is 123 Å². The molecule has 1 atom stereocenters. The second kappa shape index (κ2) is 4.66. The summed E-state index contributed by atoms with van der Waals surface area (Å²) in [5.41, 5.74) is 1.05. The Bertz CT molecular complexity index is 674. The van der Waals surface area contributed by atoms with Crippen LogP contribution in [0.2, 0.25) is 0 Å². The van der Waals surface area contributed by atoms with Gasteiger partial charge in [0.25, 0.3) is 11.7 Å². The predicted octanol–water partition coefficient (Wildman–Crippen LogP) is 2.28. The number of rotatable bonds is 2. The van der Waals surface area contributed by atoms with E-state index in [2.05, 4.69) is 43.5 Å². The summed E-state index contributed by atoms with van der Waals surface area (Å²) in [5.74, 6) is 2.85. The molecule has 21 heavy (non-hydrogen) atoms. The number of hydrogen-bond donors (Lipinski definition) is 1. The molecule has 0 aromatic carbocycles. The zero-order valence-electron chi connectivity index (χ0n) is 12.2. The lowest BCUT2D eigenvalue weighted by Crippen LogP contribution is -2.47. The van der Waals surface area contributed by atoms with E-state index in [4.69, 9.17) is 0 Å². The molecule has 0 aliphatic carbocycles. The lowest BCUT2D eigenvalue weighted by atomic mass is 10.1. The van der Waals surface area contributed by atoms with Gasteiger partial charge < -0.3 is 4.90 Å². The second-order valence-corrected chi connectivity index (χ2v) is 5.77. The number of aromatic nitrogens is 2. The first kappa shape index (κ1) is 12.5. The van der Waals surface area contributed by atoms with Gasteiger partial charge in [0.1, 0.15) is 12.4 Å². The number of fused-ring (bicyclic) bond motifs is 1. The number of amidine groups is 1. The first-order valence-electron chi connectivity index (χ1n) is 7.47. The maximum Gasteiger partial charge on any atom is 0.262 e. The Morgan fingerprint density at radius 3 is 2.86 bits per heavy atom. The summed E-state index contributed by atoms with van der Waals surface area (Å²) in [4.78, 5) is 11.4. The van der Waals surface area contributed by atoms with Crippen LogP contribution in [-0.4, -0.2) is 40.2 Å². The van der Waals surface area contributed by atoms with Gasteiger partial charge in [0, 0.05) is 24.8 Å². The number of aliphatic imine (C=N–C) groups is 2. The molecule has 1 unspecified atom stereocenters. The van der Waals surface area contributed by atoms with Crippen LogP contribution >= 0.6 is 0 Å². The smallest absolute Gasteiger partial charge is 0.262 e. The van der Waals surface area contributed by atoms with Crippen LogP contribution in [0.3, 0.4) is 0 Å². The summed E-state index contributed by atoms with van der Waals surface area (Å²) in [6, 6.07) is 2.06. The van der Waals surface area contributed by atoms with E-state index >= 15 is 0 Å². The highest BCUT2D eigenvalue weighted by Crippen LogP contribution is 2.32. The highest BCUT2D eigenvalue weighted by atomic mass is 15.5. The molecular formula is C15H19N6+. The standard InChI is InChI=1S/C15H19N6/c1-12-9-14(19-18-12)21-8-5-16-15(21)10-17-13(11-21)20-6-3-2-4-7-20/h5,8-11H,2-4,6-7H2,1H3,(H,18,19)/q+1. The van der Waals surface area contributed by atoms with Crippen molar-refractivity contribution in [1.82, 2.24) is 19.6 Å². The van der Waals surface area contributed by atoms with E-state index in [9.17, 15) is 0 Å². The number of quaternary nitrogens is 1. The number of nitrogens with zero attached hydrogens (tertiary/aromatic N) is 5. The van der Waals surface area contributed by atoms with Gasteiger partial charge in [-0.3, -0.25) is 5.10 Å². The number of likely N-dealkylation sites (tertiary alicyclic amines) is 1. The summed E-state index contributed by atoms with van der Waals surface area (Å²) < 4.78 is 0.430. The van der Waals surface area contributed by atoms with Crippen LogP contribution in [0.15, 0.2) is 40.5 Å². The third kappa shape index (κ3) is 1.94. The van der Waals surface area contributed by atoms with Gasteiger partial charge in [0.15, 0.2) is 12.0 Å². The monoisotopic (exact) mass is 283 g/mol. The third-order valence-electron chi connectivity index (χ3n) is 4.27. The van der Waals surface area contributed by atoms with Crippen molar-refractivity contribution in [2.45, 2.75) is 26.2 Å². The van der Waals surface area contributed by atoms with Crippen LogP contribution in [0.25, 0.3) is 0 Å². The number of H-pyrrole nitrogens is 1. The third-order valence-corrected chi connectivity index (χ3v) is 4.27. The lowest BCUT2D eigenvalue weighted by molar-refractivity contribution is 0.279. The van der Waals surface area contributed by atoms with Crippen LogP contribution in [0.1, 0.15) is 25.0 Å². The average molecular weight is 283 g/mol. The number of aryl methyl sites for hydroxylation is 1. The predicted molar refractivity (Wildman–Crippen MR) is 83.7 cm³/mol.